The highest BCUT2D eigenvalue weighted by atomic mass is 16.5. The molecule has 5 rings (SSSR count). The number of piperazine rings is 1. The Bertz CT molecular complexity index is 1340. The first-order valence-electron chi connectivity index (χ1n) is 13.3. The molecule has 0 unspecified atom stereocenters. The molecule has 2 fully saturated rings. The molecule has 0 bridgehead atoms. The zero-order valence-corrected chi connectivity index (χ0v) is 22.9. The number of morpholine rings is 1. The van der Waals surface area contributed by atoms with Gasteiger partial charge in [-0.15, -0.1) is 0 Å². The minimum Gasteiger partial charge on any atom is -0.494 e. The monoisotopic (exact) mass is 545 g/mol. The van der Waals surface area contributed by atoms with E-state index >= 15 is 0 Å². The molecular formula is C29H35N7O4. The van der Waals surface area contributed by atoms with Gasteiger partial charge < -0.3 is 39.5 Å². The van der Waals surface area contributed by atoms with Crippen LogP contribution in [0.3, 0.4) is 0 Å². The normalized spacial score (nSPS) is 15.8. The van der Waals surface area contributed by atoms with Crippen LogP contribution < -0.4 is 29.9 Å². The molecule has 40 heavy (non-hydrogen) atoms. The highest BCUT2D eigenvalue weighted by Gasteiger charge is 2.21. The van der Waals surface area contributed by atoms with Crippen LogP contribution in [-0.2, 0) is 9.53 Å². The summed E-state index contributed by atoms with van der Waals surface area (Å²) < 4.78 is 17.5. The lowest BCUT2D eigenvalue weighted by atomic mass is 10.2. The summed E-state index contributed by atoms with van der Waals surface area (Å²) >= 11 is 0. The van der Waals surface area contributed by atoms with Gasteiger partial charge in [-0.3, -0.25) is 4.79 Å². The number of methoxy groups -OCH3 is 1. The van der Waals surface area contributed by atoms with Gasteiger partial charge in [0.25, 0.3) is 0 Å². The Balaban J connectivity index is 1.40. The van der Waals surface area contributed by atoms with Gasteiger partial charge in [0.2, 0.25) is 17.7 Å². The molecule has 0 atom stereocenters. The van der Waals surface area contributed by atoms with Crippen molar-refractivity contribution in [1.82, 2.24) is 14.9 Å². The first-order chi connectivity index (χ1) is 19.5. The summed E-state index contributed by atoms with van der Waals surface area (Å²) in [7, 11) is 3.80. The topological polar surface area (TPSA) is 104 Å². The Morgan fingerprint density at radius 2 is 1.85 bits per heavy atom. The summed E-state index contributed by atoms with van der Waals surface area (Å²) in [5.41, 5.74) is 3.21. The number of anilines is 5. The van der Waals surface area contributed by atoms with E-state index in [4.69, 9.17) is 19.2 Å². The molecule has 11 nitrogen and oxygen atoms in total. The molecule has 2 aromatic carbocycles. The number of nitrogens with one attached hydrogen (secondary N) is 2. The molecule has 0 spiro atoms. The van der Waals surface area contributed by atoms with E-state index in [1.807, 2.05) is 18.2 Å². The minimum atomic E-state index is -0.299. The fraction of sp³-hybridized carbons (Fsp3) is 0.345. The van der Waals surface area contributed by atoms with Crippen molar-refractivity contribution in [1.29, 1.82) is 0 Å². The first-order valence-corrected chi connectivity index (χ1v) is 13.3. The van der Waals surface area contributed by atoms with Gasteiger partial charge in [-0.25, -0.2) is 4.98 Å². The number of benzene rings is 2. The van der Waals surface area contributed by atoms with Gasteiger partial charge in [-0.2, -0.15) is 4.98 Å². The molecule has 1 amide bonds. The molecule has 0 radical (unpaired) electrons. The van der Waals surface area contributed by atoms with Crippen LogP contribution in [0.15, 0.2) is 61.3 Å². The molecule has 11 heteroatoms. The summed E-state index contributed by atoms with van der Waals surface area (Å²) in [6.07, 6.45) is 2.97. The molecule has 0 saturated carbocycles. The van der Waals surface area contributed by atoms with Crippen LogP contribution in [0.25, 0.3) is 0 Å². The van der Waals surface area contributed by atoms with Gasteiger partial charge in [0, 0.05) is 62.8 Å². The fourth-order valence-electron chi connectivity index (χ4n) is 4.62. The predicted molar refractivity (Wildman–Crippen MR) is 156 cm³/mol. The third kappa shape index (κ3) is 6.61. The maximum Gasteiger partial charge on any atom is 0.248 e. The molecule has 3 aromatic rings. The van der Waals surface area contributed by atoms with Crippen LogP contribution in [-0.4, -0.2) is 87.4 Å². The number of rotatable bonds is 9. The maximum atomic E-state index is 11.8. The van der Waals surface area contributed by atoms with Crippen LogP contribution in [0.5, 0.6) is 17.4 Å². The van der Waals surface area contributed by atoms with Crippen molar-refractivity contribution in [3.8, 4) is 17.4 Å². The van der Waals surface area contributed by atoms with Crippen LogP contribution in [0.1, 0.15) is 0 Å². The van der Waals surface area contributed by atoms with Gasteiger partial charge in [-0.05, 0) is 37.4 Å². The Morgan fingerprint density at radius 3 is 2.60 bits per heavy atom. The number of aromatic nitrogens is 2. The molecule has 210 valence electrons. The third-order valence-corrected chi connectivity index (χ3v) is 6.89. The van der Waals surface area contributed by atoms with Gasteiger partial charge >= 0.3 is 0 Å². The second-order valence-corrected chi connectivity index (χ2v) is 9.61. The van der Waals surface area contributed by atoms with Gasteiger partial charge in [-0.1, -0.05) is 12.6 Å². The number of likely N-dealkylation sites (N-methyl/N-ethyl adjacent to an activating group) is 1. The SMILES string of the molecule is C=CC(=O)Nc1cccc(Oc2nc(Nc3ccc(N4CCN(C)CC4)cc3OC)ncc2N2CCOCC2)c1. The standard InChI is InChI=1S/C29H35N7O4/c1-4-27(37)31-21-6-5-7-23(18-21)40-28-25(36-14-16-39-17-15-36)20-30-29(33-28)32-24-9-8-22(19-26(24)38-3)35-12-10-34(2)11-13-35/h4-9,18-20H,1,10-17H2,2-3H3,(H,31,37)(H,30,32,33). The Kier molecular flexibility index (Phi) is 8.62. The van der Waals surface area contributed by atoms with E-state index in [2.05, 4.69) is 50.0 Å². The van der Waals surface area contributed by atoms with E-state index in [9.17, 15) is 4.79 Å². The van der Waals surface area contributed by atoms with Crippen LogP contribution in [0.2, 0.25) is 0 Å². The van der Waals surface area contributed by atoms with E-state index in [0.29, 0.717) is 55.3 Å². The number of amides is 1. The highest BCUT2D eigenvalue weighted by molar-refractivity contribution is 5.98. The molecule has 0 aliphatic carbocycles. The van der Waals surface area contributed by atoms with Crippen molar-refractivity contribution < 1.29 is 19.0 Å². The van der Waals surface area contributed by atoms with Gasteiger partial charge in [0.15, 0.2) is 0 Å². The van der Waals surface area contributed by atoms with E-state index in [0.717, 1.165) is 43.2 Å². The number of hydrogen-bond acceptors (Lipinski definition) is 10. The molecule has 3 heterocycles. The van der Waals surface area contributed by atoms with Gasteiger partial charge in [0.05, 0.1) is 32.2 Å². The lowest BCUT2D eigenvalue weighted by molar-refractivity contribution is -0.111. The van der Waals surface area contributed by atoms with E-state index in [1.165, 1.54) is 6.08 Å². The zero-order valence-electron chi connectivity index (χ0n) is 22.9. The maximum absolute atomic E-state index is 11.8. The molecule has 2 N–H and O–H groups in total. The molecular weight excluding hydrogens is 510 g/mol. The van der Waals surface area contributed by atoms with Crippen molar-refractivity contribution in [3.05, 3.63) is 61.3 Å². The van der Waals surface area contributed by atoms with Crippen molar-refractivity contribution in [2.75, 3.05) is 87.1 Å². The number of ether oxygens (including phenoxy) is 3. The molecule has 2 aliphatic heterocycles. The fourth-order valence-corrected chi connectivity index (χ4v) is 4.62. The van der Waals surface area contributed by atoms with Crippen molar-refractivity contribution in [2.45, 2.75) is 0 Å². The Labute approximate surface area is 234 Å². The van der Waals surface area contributed by atoms with Crippen LogP contribution >= 0.6 is 0 Å². The van der Waals surface area contributed by atoms with E-state index < -0.39 is 0 Å². The minimum absolute atomic E-state index is 0.299. The average Bonchev–Trinajstić information content (AvgIpc) is 2.98. The number of hydrogen-bond donors (Lipinski definition) is 2. The van der Waals surface area contributed by atoms with Gasteiger partial charge in [0.1, 0.15) is 17.2 Å². The van der Waals surface area contributed by atoms with E-state index in [-0.39, 0.29) is 5.91 Å². The van der Waals surface area contributed by atoms with Crippen molar-refractivity contribution in [3.63, 3.8) is 0 Å². The first kappa shape index (κ1) is 27.2. The molecule has 1 aromatic heterocycles. The van der Waals surface area contributed by atoms with Crippen LogP contribution in [0.4, 0.5) is 28.7 Å². The van der Waals surface area contributed by atoms with E-state index in [1.54, 1.807) is 31.5 Å². The second kappa shape index (κ2) is 12.7. The lowest BCUT2D eigenvalue weighted by Crippen LogP contribution is -2.44. The smallest absolute Gasteiger partial charge is 0.248 e. The summed E-state index contributed by atoms with van der Waals surface area (Å²) in [4.78, 5) is 27.9. The molecule has 2 aliphatic rings. The number of nitrogens with zero attached hydrogens (tertiary/aromatic N) is 5. The second-order valence-electron chi connectivity index (χ2n) is 9.61. The third-order valence-electron chi connectivity index (χ3n) is 6.89. The summed E-state index contributed by atoms with van der Waals surface area (Å²) in [5.74, 6) is 1.68. The number of carbonyl (C=O) groups excluding carboxylic acids is 1. The van der Waals surface area contributed by atoms with Crippen LogP contribution in [0, 0.1) is 0 Å². The highest BCUT2D eigenvalue weighted by Crippen LogP contribution is 2.35. The van der Waals surface area contributed by atoms with Crippen molar-refractivity contribution in [2.24, 2.45) is 0 Å². The van der Waals surface area contributed by atoms with Crippen molar-refractivity contribution >= 4 is 34.6 Å². The Hall–Kier alpha value is -4.35. The summed E-state index contributed by atoms with van der Waals surface area (Å²) in [5, 5.41) is 6.05. The predicted octanol–water partition coefficient (Wildman–Crippen LogP) is 3.73. The zero-order chi connectivity index (χ0) is 27.9. The summed E-state index contributed by atoms with van der Waals surface area (Å²) in [6, 6.07) is 13.2. The quantitative estimate of drug-likeness (QED) is 0.387. The average molecular weight is 546 g/mol. The largest absolute Gasteiger partial charge is 0.494 e. The molecule has 2 saturated heterocycles. The lowest BCUT2D eigenvalue weighted by Gasteiger charge is -2.34. The summed E-state index contributed by atoms with van der Waals surface area (Å²) in [6.45, 7) is 10.1. The Morgan fingerprint density at radius 1 is 1.05 bits per heavy atom. The number of carbonyl (C=O) groups is 1.